The molecule has 1 heterocycles. The molecule has 1 aromatic carbocycles. The Hall–Kier alpha value is -2.42. The van der Waals surface area contributed by atoms with Crippen LogP contribution >= 0.6 is 0 Å². The van der Waals surface area contributed by atoms with Gasteiger partial charge in [0.15, 0.2) is 11.6 Å². The molecule has 148 valence electrons. The summed E-state index contributed by atoms with van der Waals surface area (Å²) < 4.78 is 5.84. The topological polar surface area (TPSA) is 109 Å². The zero-order valence-electron chi connectivity index (χ0n) is 16.2. The highest BCUT2D eigenvalue weighted by atomic mass is 16.5. The molecule has 0 fully saturated rings. The van der Waals surface area contributed by atoms with Gasteiger partial charge in [0.25, 0.3) is 0 Å². The first-order chi connectivity index (χ1) is 13.0. The van der Waals surface area contributed by atoms with E-state index in [0.29, 0.717) is 18.4 Å². The fourth-order valence-corrected chi connectivity index (χ4v) is 2.48. The maximum atomic E-state index is 10.0. The van der Waals surface area contributed by atoms with Gasteiger partial charge in [0.1, 0.15) is 18.5 Å². The number of nitrogens with two attached hydrogens (primary N) is 1. The Morgan fingerprint density at radius 1 is 1.19 bits per heavy atom. The van der Waals surface area contributed by atoms with Gasteiger partial charge < -0.3 is 25.5 Å². The monoisotopic (exact) mass is 374 g/mol. The number of ether oxygens (including phenoxy) is 1. The maximum Gasteiger partial charge on any atom is 0.162 e. The van der Waals surface area contributed by atoms with Gasteiger partial charge in [0, 0.05) is 26.2 Å². The van der Waals surface area contributed by atoms with E-state index in [-0.39, 0.29) is 6.61 Å². The van der Waals surface area contributed by atoms with Crippen molar-refractivity contribution in [1.29, 1.82) is 0 Å². The molecule has 2 aromatic rings. The summed E-state index contributed by atoms with van der Waals surface area (Å²) in [7, 11) is 1.96. The normalized spacial score (nSPS) is 12.1. The Bertz CT molecular complexity index is 680. The number of aliphatic hydroxyl groups excluding tert-OH is 1. The average molecular weight is 374 g/mol. The highest BCUT2D eigenvalue weighted by molar-refractivity contribution is 5.43. The molecular weight excluding hydrogens is 344 g/mol. The molecular formula is C19H30N6O2. The molecule has 0 saturated heterocycles. The molecule has 27 heavy (non-hydrogen) atoms. The Morgan fingerprint density at radius 2 is 1.96 bits per heavy atom. The second-order valence-electron chi connectivity index (χ2n) is 6.73. The lowest BCUT2D eigenvalue weighted by Gasteiger charge is -2.20. The number of rotatable bonds is 11. The van der Waals surface area contributed by atoms with Gasteiger partial charge in [0.05, 0.1) is 0 Å². The van der Waals surface area contributed by atoms with E-state index in [9.17, 15) is 5.11 Å². The fraction of sp³-hybridized carbons (Fsp3) is 0.474. The quantitative estimate of drug-likeness (QED) is 0.343. The molecule has 1 unspecified atom stereocenters. The summed E-state index contributed by atoms with van der Waals surface area (Å²) >= 11 is 0. The number of hydrogen-bond acceptors (Lipinski definition) is 8. The first-order valence-electron chi connectivity index (χ1n) is 9.13. The van der Waals surface area contributed by atoms with Crippen LogP contribution in [-0.4, -0.2) is 54.2 Å². The summed E-state index contributed by atoms with van der Waals surface area (Å²) in [5.41, 5.74) is 3.55. The third-order valence-electron chi connectivity index (χ3n) is 4.07. The number of hydrogen-bond donors (Lipinski definition) is 4. The van der Waals surface area contributed by atoms with Crippen molar-refractivity contribution in [3.8, 4) is 5.75 Å². The number of nitrogen functional groups attached to an aromatic ring is 1. The standard InChI is InChI=1S/C19H30N6O2/c1-14(2)21-12-16(26)13-27-17-7-5-4-6-15(17)10-11-25(3)19-9-8-18(22-20)23-24-19/h4-9,14,16,21,26H,10-13,20H2,1-3H3,(H,22,23). The first kappa shape index (κ1) is 20.9. The lowest BCUT2D eigenvalue weighted by atomic mass is 10.1. The van der Waals surface area contributed by atoms with Crippen LogP contribution in [0.4, 0.5) is 11.6 Å². The minimum atomic E-state index is -0.548. The van der Waals surface area contributed by atoms with E-state index in [1.165, 1.54) is 0 Å². The molecule has 0 aliphatic rings. The molecule has 8 heteroatoms. The van der Waals surface area contributed by atoms with Gasteiger partial charge in [-0.15, -0.1) is 10.2 Å². The Kier molecular flexibility index (Phi) is 8.25. The summed E-state index contributed by atoms with van der Waals surface area (Å²) in [5.74, 6) is 7.39. The maximum absolute atomic E-state index is 10.0. The predicted molar refractivity (Wildman–Crippen MR) is 108 cm³/mol. The molecule has 5 N–H and O–H groups in total. The Morgan fingerprint density at radius 3 is 2.63 bits per heavy atom. The number of benzene rings is 1. The van der Waals surface area contributed by atoms with E-state index < -0.39 is 6.10 Å². The molecule has 1 aromatic heterocycles. The third-order valence-corrected chi connectivity index (χ3v) is 4.07. The van der Waals surface area contributed by atoms with Crippen molar-refractivity contribution in [3.63, 3.8) is 0 Å². The SMILES string of the molecule is CC(C)NCC(O)COc1ccccc1CCN(C)c1ccc(NN)nn1. The van der Waals surface area contributed by atoms with Crippen molar-refractivity contribution in [2.24, 2.45) is 5.84 Å². The largest absolute Gasteiger partial charge is 0.491 e. The van der Waals surface area contributed by atoms with Gasteiger partial charge >= 0.3 is 0 Å². The van der Waals surface area contributed by atoms with Crippen molar-refractivity contribution in [3.05, 3.63) is 42.0 Å². The van der Waals surface area contributed by atoms with Gasteiger partial charge in [-0.2, -0.15) is 0 Å². The van der Waals surface area contributed by atoms with Crippen LogP contribution in [0.15, 0.2) is 36.4 Å². The minimum Gasteiger partial charge on any atom is -0.491 e. The van der Waals surface area contributed by atoms with Crippen LogP contribution in [0, 0.1) is 0 Å². The molecule has 0 saturated carbocycles. The summed E-state index contributed by atoms with van der Waals surface area (Å²) in [6.07, 6.45) is 0.235. The van der Waals surface area contributed by atoms with E-state index in [1.54, 1.807) is 6.07 Å². The van der Waals surface area contributed by atoms with Crippen LogP contribution in [0.3, 0.4) is 0 Å². The van der Waals surface area contributed by atoms with Crippen LogP contribution in [-0.2, 0) is 6.42 Å². The number of nitrogens with zero attached hydrogens (tertiary/aromatic N) is 3. The van der Waals surface area contributed by atoms with Crippen molar-refractivity contribution < 1.29 is 9.84 Å². The number of aromatic nitrogens is 2. The Labute approximate surface area is 160 Å². The van der Waals surface area contributed by atoms with E-state index in [4.69, 9.17) is 10.6 Å². The molecule has 2 rings (SSSR count). The first-order valence-corrected chi connectivity index (χ1v) is 9.13. The lowest BCUT2D eigenvalue weighted by Crippen LogP contribution is -2.35. The lowest BCUT2D eigenvalue weighted by molar-refractivity contribution is 0.104. The van der Waals surface area contributed by atoms with Crippen LogP contribution < -0.4 is 26.2 Å². The Balaban J connectivity index is 1.88. The second kappa shape index (κ2) is 10.7. The molecule has 1 atom stereocenters. The molecule has 0 amide bonds. The molecule has 8 nitrogen and oxygen atoms in total. The summed E-state index contributed by atoms with van der Waals surface area (Å²) in [6, 6.07) is 11.9. The number of anilines is 2. The molecule has 0 bridgehead atoms. The summed E-state index contributed by atoms with van der Waals surface area (Å²) in [4.78, 5) is 2.02. The van der Waals surface area contributed by atoms with Gasteiger partial charge in [-0.3, -0.25) is 0 Å². The minimum absolute atomic E-state index is 0.256. The van der Waals surface area contributed by atoms with Gasteiger partial charge in [-0.25, -0.2) is 5.84 Å². The van der Waals surface area contributed by atoms with Gasteiger partial charge in [-0.05, 0) is 30.2 Å². The number of aliphatic hydroxyl groups is 1. The van der Waals surface area contributed by atoms with E-state index in [0.717, 1.165) is 30.1 Å². The molecule has 0 aliphatic carbocycles. The van der Waals surface area contributed by atoms with Crippen molar-refractivity contribution in [1.82, 2.24) is 15.5 Å². The smallest absolute Gasteiger partial charge is 0.162 e. The van der Waals surface area contributed by atoms with Gasteiger partial charge in [-0.1, -0.05) is 32.0 Å². The van der Waals surface area contributed by atoms with Crippen molar-refractivity contribution in [2.75, 3.05) is 37.1 Å². The number of para-hydroxylation sites is 1. The van der Waals surface area contributed by atoms with Crippen LogP contribution in [0.25, 0.3) is 0 Å². The van der Waals surface area contributed by atoms with Crippen LogP contribution in [0.1, 0.15) is 19.4 Å². The summed E-state index contributed by atoms with van der Waals surface area (Å²) in [5, 5.41) is 21.4. The number of nitrogens with one attached hydrogen (secondary N) is 2. The summed E-state index contributed by atoms with van der Waals surface area (Å²) in [6.45, 7) is 5.61. The molecule has 0 aliphatic heterocycles. The van der Waals surface area contributed by atoms with E-state index in [2.05, 4.69) is 20.9 Å². The zero-order chi connectivity index (χ0) is 19.6. The highest BCUT2D eigenvalue weighted by Crippen LogP contribution is 2.20. The second-order valence-corrected chi connectivity index (χ2v) is 6.73. The van der Waals surface area contributed by atoms with E-state index in [1.807, 2.05) is 56.1 Å². The van der Waals surface area contributed by atoms with Crippen molar-refractivity contribution >= 4 is 11.6 Å². The number of likely N-dealkylation sites (N-methyl/N-ethyl adjacent to an activating group) is 1. The highest BCUT2D eigenvalue weighted by Gasteiger charge is 2.10. The van der Waals surface area contributed by atoms with Crippen molar-refractivity contribution in [2.45, 2.75) is 32.4 Å². The van der Waals surface area contributed by atoms with Gasteiger partial charge in [0.2, 0.25) is 0 Å². The average Bonchev–Trinajstić information content (AvgIpc) is 2.69. The fourth-order valence-electron chi connectivity index (χ4n) is 2.48. The zero-order valence-corrected chi connectivity index (χ0v) is 16.2. The van der Waals surface area contributed by atoms with Crippen LogP contribution in [0.5, 0.6) is 5.75 Å². The number of hydrazine groups is 1. The van der Waals surface area contributed by atoms with E-state index >= 15 is 0 Å². The molecule has 0 spiro atoms. The third kappa shape index (κ3) is 7.01. The predicted octanol–water partition coefficient (Wildman–Crippen LogP) is 1.18. The molecule has 0 radical (unpaired) electrons. The van der Waals surface area contributed by atoms with Crippen LogP contribution in [0.2, 0.25) is 0 Å².